The smallest absolute Gasteiger partial charge is 0.255 e. The molecule has 1 rings (SSSR count). The maximum atomic E-state index is 11.9. The highest BCUT2D eigenvalue weighted by Crippen LogP contribution is 2.23. The first-order valence-electron chi connectivity index (χ1n) is 6.36. The summed E-state index contributed by atoms with van der Waals surface area (Å²) in [6, 6.07) is 3.87. The van der Waals surface area contributed by atoms with E-state index in [0.29, 0.717) is 13.1 Å². The number of nitrogens with two attached hydrogens (primary N) is 1. The summed E-state index contributed by atoms with van der Waals surface area (Å²) in [4.78, 5) is 11.9. The average Bonchev–Trinajstić information content (AvgIpc) is 2.36. The second kappa shape index (κ2) is 6.43. The summed E-state index contributed by atoms with van der Waals surface area (Å²) in [7, 11) is 0. The fourth-order valence-corrected chi connectivity index (χ4v) is 1.79. The van der Waals surface area contributed by atoms with Crippen molar-refractivity contribution in [3.63, 3.8) is 0 Å². The number of nitrogens with one attached hydrogen (secondary N) is 1. The molecular formula is C14H22N2O3. The molecule has 106 valence electrons. The first-order valence-corrected chi connectivity index (χ1v) is 6.36. The molecule has 0 aliphatic carbocycles. The summed E-state index contributed by atoms with van der Waals surface area (Å²) in [6.45, 7) is 5.21. The Morgan fingerprint density at radius 3 is 2.68 bits per heavy atom. The van der Waals surface area contributed by atoms with Crippen LogP contribution in [-0.2, 0) is 0 Å². The molecule has 0 bridgehead atoms. The average molecular weight is 266 g/mol. The molecule has 19 heavy (non-hydrogen) atoms. The standard InChI is InChI=1S/C14H22N2O3/c1-14(2,6-3-7-15)9-16-13(19)11-8-10(17)4-5-12(11)18/h4-5,8,17-18H,3,6-7,9,15H2,1-2H3,(H,16,19). The van der Waals surface area contributed by atoms with Crippen LogP contribution >= 0.6 is 0 Å². The molecule has 5 nitrogen and oxygen atoms in total. The number of hydrogen-bond acceptors (Lipinski definition) is 4. The van der Waals surface area contributed by atoms with Crippen molar-refractivity contribution >= 4 is 5.91 Å². The van der Waals surface area contributed by atoms with Crippen molar-refractivity contribution in [1.29, 1.82) is 0 Å². The van der Waals surface area contributed by atoms with Gasteiger partial charge in [0.15, 0.2) is 0 Å². The van der Waals surface area contributed by atoms with Crippen molar-refractivity contribution in [1.82, 2.24) is 5.32 Å². The lowest BCUT2D eigenvalue weighted by Crippen LogP contribution is -2.34. The first kappa shape index (κ1) is 15.3. The van der Waals surface area contributed by atoms with Crippen LogP contribution in [0.15, 0.2) is 18.2 Å². The number of rotatable bonds is 6. The molecule has 0 spiro atoms. The van der Waals surface area contributed by atoms with Gasteiger partial charge in [0.25, 0.3) is 5.91 Å². The third-order valence-electron chi connectivity index (χ3n) is 3.01. The van der Waals surface area contributed by atoms with Gasteiger partial charge in [-0.3, -0.25) is 4.79 Å². The van der Waals surface area contributed by atoms with Crippen LogP contribution in [0.2, 0.25) is 0 Å². The van der Waals surface area contributed by atoms with Crippen LogP contribution in [0.5, 0.6) is 11.5 Å². The molecule has 5 N–H and O–H groups in total. The fourth-order valence-electron chi connectivity index (χ4n) is 1.79. The number of amides is 1. The summed E-state index contributed by atoms with van der Waals surface area (Å²) in [5.41, 5.74) is 5.50. The lowest BCUT2D eigenvalue weighted by atomic mass is 9.87. The van der Waals surface area contributed by atoms with Crippen LogP contribution < -0.4 is 11.1 Å². The van der Waals surface area contributed by atoms with Crippen molar-refractivity contribution in [2.24, 2.45) is 11.1 Å². The van der Waals surface area contributed by atoms with Crippen LogP contribution in [-0.4, -0.2) is 29.2 Å². The van der Waals surface area contributed by atoms with Crippen LogP contribution in [0.25, 0.3) is 0 Å². The quantitative estimate of drug-likeness (QED) is 0.588. The molecule has 0 aliphatic heterocycles. The number of carbonyl (C=O) groups is 1. The molecule has 0 aliphatic rings. The first-order chi connectivity index (χ1) is 8.85. The Labute approximate surface area is 113 Å². The summed E-state index contributed by atoms with van der Waals surface area (Å²) in [5, 5.41) is 21.7. The Balaban J connectivity index is 2.62. The van der Waals surface area contributed by atoms with Gasteiger partial charge in [0, 0.05) is 6.54 Å². The summed E-state index contributed by atoms with van der Waals surface area (Å²) < 4.78 is 0. The zero-order chi connectivity index (χ0) is 14.5. The highest BCUT2D eigenvalue weighted by Gasteiger charge is 2.20. The Morgan fingerprint density at radius 1 is 1.37 bits per heavy atom. The number of phenols is 2. The normalized spacial score (nSPS) is 11.3. The monoisotopic (exact) mass is 266 g/mol. The minimum Gasteiger partial charge on any atom is -0.508 e. The maximum absolute atomic E-state index is 11.9. The van der Waals surface area contributed by atoms with Crippen molar-refractivity contribution in [3.05, 3.63) is 23.8 Å². The predicted molar refractivity (Wildman–Crippen MR) is 74.2 cm³/mol. The molecule has 0 unspecified atom stereocenters. The Kier molecular flexibility index (Phi) is 5.18. The summed E-state index contributed by atoms with van der Waals surface area (Å²) in [6.07, 6.45) is 1.82. The highest BCUT2D eigenvalue weighted by atomic mass is 16.3. The number of carbonyl (C=O) groups excluding carboxylic acids is 1. The van der Waals surface area contributed by atoms with Gasteiger partial charge >= 0.3 is 0 Å². The number of benzene rings is 1. The Hall–Kier alpha value is -1.75. The van der Waals surface area contributed by atoms with E-state index in [0.717, 1.165) is 12.8 Å². The van der Waals surface area contributed by atoms with E-state index in [4.69, 9.17) is 5.73 Å². The predicted octanol–water partition coefficient (Wildman–Crippen LogP) is 1.59. The lowest BCUT2D eigenvalue weighted by molar-refractivity contribution is 0.0931. The van der Waals surface area contributed by atoms with Crippen molar-refractivity contribution < 1.29 is 15.0 Å². The summed E-state index contributed by atoms with van der Waals surface area (Å²) in [5.74, 6) is -0.588. The molecular weight excluding hydrogens is 244 g/mol. The zero-order valence-corrected chi connectivity index (χ0v) is 11.4. The SMILES string of the molecule is CC(C)(CCCN)CNC(=O)c1cc(O)ccc1O. The number of hydrogen-bond donors (Lipinski definition) is 4. The lowest BCUT2D eigenvalue weighted by Gasteiger charge is -2.24. The van der Waals surface area contributed by atoms with E-state index in [2.05, 4.69) is 5.32 Å². The van der Waals surface area contributed by atoms with Gasteiger partial charge in [-0.05, 0) is 43.0 Å². The molecule has 1 amide bonds. The topological polar surface area (TPSA) is 95.6 Å². The van der Waals surface area contributed by atoms with E-state index in [-0.39, 0.29) is 22.5 Å². The van der Waals surface area contributed by atoms with Gasteiger partial charge in [-0.25, -0.2) is 0 Å². The highest BCUT2D eigenvalue weighted by molar-refractivity contribution is 5.97. The van der Waals surface area contributed by atoms with Gasteiger partial charge in [0.1, 0.15) is 11.5 Å². The third kappa shape index (κ3) is 4.79. The maximum Gasteiger partial charge on any atom is 0.255 e. The number of aromatic hydroxyl groups is 2. The van der Waals surface area contributed by atoms with Gasteiger partial charge in [-0.15, -0.1) is 0 Å². The minimum atomic E-state index is -0.394. The molecule has 1 aromatic rings. The second-order valence-corrected chi connectivity index (χ2v) is 5.44. The molecule has 0 saturated carbocycles. The van der Waals surface area contributed by atoms with Crippen LogP contribution in [0.1, 0.15) is 37.0 Å². The third-order valence-corrected chi connectivity index (χ3v) is 3.01. The van der Waals surface area contributed by atoms with E-state index in [1.54, 1.807) is 0 Å². The molecule has 0 heterocycles. The molecule has 0 atom stereocenters. The molecule has 5 heteroatoms. The van der Waals surface area contributed by atoms with Crippen molar-refractivity contribution in [2.75, 3.05) is 13.1 Å². The van der Waals surface area contributed by atoms with Gasteiger partial charge in [0.05, 0.1) is 5.56 Å². The molecule has 0 fully saturated rings. The molecule has 0 radical (unpaired) electrons. The zero-order valence-electron chi connectivity index (χ0n) is 11.4. The van der Waals surface area contributed by atoms with E-state index in [1.807, 2.05) is 13.8 Å². The van der Waals surface area contributed by atoms with E-state index < -0.39 is 5.91 Å². The largest absolute Gasteiger partial charge is 0.508 e. The molecule has 0 aromatic heterocycles. The summed E-state index contributed by atoms with van der Waals surface area (Å²) >= 11 is 0. The van der Waals surface area contributed by atoms with E-state index in [1.165, 1.54) is 18.2 Å². The Morgan fingerprint density at radius 2 is 2.05 bits per heavy atom. The number of phenolic OH excluding ortho intramolecular Hbond substituents is 2. The van der Waals surface area contributed by atoms with Gasteiger partial charge in [-0.1, -0.05) is 13.8 Å². The van der Waals surface area contributed by atoms with Crippen molar-refractivity contribution in [2.45, 2.75) is 26.7 Å². The second-order valence-electron chi connectivity index (χ2n) is 5.44. The van der Waals surface area contributed by atoms with Gasteiger partial charge in [-0.2, -0.15) is 0 Å². The van der Waals surface area contributed by atoms with Crippen LogP contribution in [0, 0.1) is 5.41 Å². The van der Waals surface area contributed by atoms with Gasteiger partial charge in [0.2, 0.25) is 0 Å². The van der Waals surface area contributed by atoms with Crippen LogP contribution in [0.3, 0.4) is 0 Å². The van der Waals surface area contributed by atoms with Crippen molar-refractivity contribution in [3.8, 4) is 11.5 Å². The Bertz CT molecular complexity index is 444. The van der Waals surface area contributed by atoms with Gasteiger partial charge < -0.3 is 21.3 Å². The fraction of sp³-hybridized carbons (Fsp3) is 0.500. The minimum absolute atomic E-state index is 0.0506. The van der Waals surface area contributed by atoms with Crippen LogP contribution in [0.4, 0.5) is 0 Å². The molecule has 1 aromatic carbocycles. The van der Waals surface area contributed by atoms with E-state index in [9.17, 15) is 15.0 Å². The molecule has 0 saturated heterocycles. The van der Waals surface area contributed by atoms with E-state index >= 15 is 0 Å².